The van der Waals surface area contributed by atoms with E-state index >= 15 is 0 Å². The molecular weight excluding hydrogens is 422 g/mol. The number of nitrogens with two attached hydrogens (primary N) is 1. The Hall–Kier alpha value is -3.15. The molecule has 1 aromatic heterocycles. The van der Waals surface area contributed by atoms with Crippen LogP contribution in [0.2, 0.25) is 0 Å². The first kappa shape index (κ1) is 20.1. The number of aryl methyl sites for hydroxylation is 1. The van der Waals surface area contributed by atoms with E-state index in [0.717, 1.165) is 26.2 Å². The molecule has 0 spiro atoms. The highest BCUT2D eigenvalue weighted by Gasteiger charge is 2.26. The van der Waals surface area contributed by atoms with Crippen LogP contribution in [0.3, 0.4) is 0 Å². The molecule has 2 heterocycles. The Morgan fingerprint density at radius 1 is 1.17 bits per heavy atom. The zero-order valence-corrected chi connectivity index (χ0v) is 17.5. The summed E-state index contributed by atoms with van der Waals surface area (Å²) < 4.78 is 0.824. The monoisotopic (exact) mass is 439 g/mol. The van der Waals surface area contributed by atoms with Gasteiger partial charge in [-0.05, 0) is 24.6 Å². The van der Waals surface area contributed by atoms with Crippen LogP contribution in [0, 0.1) is 17.0 Å². The van der Waals surface area contributed by atoms with Gasteiger partial charge in [0.2, 0.25) is 5.95 Å². The third-order valence-corrected chi connectivity index (χ3v) is 6.58. The summed E-state index contributed by atoms with van der Waals surface area (Å²) in [6.45, 7) is 1.90. The molecule has 9 nitrogen and oxygen atoms in total. The molecule has 30 heavy (non-hydrogen) atoms. The van der Waals surface area contributed by atoms with Gasteiger partial charge in [0.25, 0.3) is 5.69 Å². The molecule has 0 fully saturated rings. The van der Waals surface area contributed by atoms with Crippen LogP contribution in [0.5, 0.6) is 0 Å². The highest BCUT2D eigenvalue weighted by molar-refractivity contribution is 8.38. The van der Waals surface area contributed by atoms with Gasteiger partial charge in [-0.1, -0.05) is 53.9 Å². The summed E-state index contributed by atoms with van der Waals surface area (Å²) in [5.74, 6) is 7.13. The van der Waals surface area contributed by atoms with Gasteiger partial charge in [-0.2, -0.15) is 10.1 Å². The fourth-order valence-electron chi connectivity index (χ4n) is 2.78. The summed E-state index contributed by atoms with van der Waals surface area (Å²) in [6, 6.07) is 16.3. The van der Waals surface area contributed by atoms with E-state index in [9.17, 15) is 10.1 Å². The van der Waals surface area contributed by atoms with Crippen molar-refractivity contribution >= 4 is 51.0 Å². The van der Waals surface area contributed by atoms with E-state index in [4.69, 9.17) is 10.9 Å². The Morgan fingerprint density at radius 3 is 2.57 bits per heavy atom. The van der Waals surface area contributed by atoms with Crippen molar-refractivity contribution in [3.05, 3.63) is 76.0 Å². The lowest BCUT2D eigenvalue weighted by Gasteiger charge is -2.27. The minimum atomic E-state index is -0.403. The molecule has 152 valence electrons. The van der Waals surface area contributed by atoms with Gasteiger partial charge in [0.1, 0.15) is 0 Å². The van der Waals surface area contributed by atoms with Crippen molar-refractivity contribution in [2.24, 2.45) is 10.9 Å². The summed E-state index contributed by atoms with van der Waals surface area (Å²) in [7, 11) is 0. The summed E-state index contributed by atoms with van der Waals surface area (Å²) in [5.41, 5.74) is 5.22. The third-order valence-electron chi connectivity index (χ3n) is 4.23. The first-order valence-corrected chi connectivity index (χ1v) is 10.7. The number of nitrogens with one attached hydrogen (secondary N) is 1. The lowest BCUT2D eigenvalue weighted by Crippen LogP contribution is -2.21. The van der Waals surface area contributed by atoms with Crippen LogP contribution in [-0.4, -0.2) is 19.3 Å². The van der Waals surface area contributed by atoms with Crippen LogP contribution in [-0.2, 0) is 5.75 Å². The van der Waals surface area contributed by atoms with Gasteiger partial charge in [0.15, 0.2) is 10.2 Å². The zero-order chi connectivity index (χ0) is 21.1. The number of nitrogens with zero attached hydrogens (tertiary/aromatic N) is 5. The molecule has 11 heteroatoms. The van der Waals surface area contributed by atoms with Crippen molar-refractivity contribution < 1.29 is 4.92 Å². The number of non-ortho nitro benzene ring substituents is 1. The molecule has 2 aromatic carbocycles. The summed E-state index contributed by atoms with van der Waals surface area (Å²) in [6.07, 6.45) is 0. The van der Waals surface area contributed by atoms with E-state index in [1.807, 2.05) is 37.3 Å². The second-order valence-electron chi connectivity index (χ2n) is 6.26. The SMILES string of the molecule is Cc1nc(NN)nc2c1SC(SCc1ccc([N+](=O)[O-])cc1)=NN2c1ccccc1. The number of hydrazone groups is 1. The number of nitro groups is 1. The second kappa shape index (κ2) is 8.69. The maximum absolute atomic E-state index is 10.8. The van der Waals surface area contributed by atoms with Crippen molar-refractivity contribution in [1.82, 2.24) is 9.97 Å². The van der Waals surface area contributed by atoms with Crippen LogP contribution >= 0.6 is 23.5 Å². The van der Waals surface area contributed by atoms with E-state index in [2.05, 4.69) is 15.4 Å². The van der Waals surface area contributed by atoms with Crippen molar-refractivity contribution in [1.29, 1.82) is 0 Å². The van der Waals surface area contributed by atoms with Crippen LogP contribution in [0.1, 0.15) is 11.3 Å². The van der Waals surface area contributed by atoms with Crippen LogP contribution in [0.4, 0.5) is 23.1 Å². The largest absolute Gasteiger partial charge is 0.292 e. The topological polar surface area (TPSA) is 123 Å². The maximum atomic E-state index is 10.8. The second-order valence-corrected chi connectivity index (χ2v) is 8.48. The van der Waals surface area contributed by atoms with Crippen LogP contribution in [0.25, 0.3) is 0 Å². The highest BCUT2D eigenvalue weighted by Crippen LogP contribution is 2.43. The minimum absolute atomic E-state index is 0.0782. The molecule has 0 saturated carbocycles. The summed E-state index contributed by atoms with van der Waals surface area (Å²) in [4.78, 5) is 20.2. The lowest BCUT2D eigenvalue weighted by atomic mass is 10.2. The van der Waals surface area contributed by atoms with Crippen molar-refractivity contribution in [3.8, 4) is 0 Å². The number of hydrazine groups is 1. The third kappa shape index (κ3) is 4.22. The van der Waals surface area contributed by atoms with Crippen LogP contribution < -0.4 is 16.3 Å². The Balaban J connectivity index is 1.63. The van der Waals surface area contributed by atoms with E-state index in [1.165, 1.54) is 23.9 Å². The molecule has 0 amide bonds. The lowest BCUT2D eigenvalue weighted by molar-refractivity contribution is -0.384. The van der Waals surface area contributed by atoms with Gasteiger partial charge in [0, 0.05) is 17.9 Å². The number of nitrogen functional groups attached to an aromatic ring is 1. The Kier molecular flexibility index (Phi) is 5.84. The molecule has 1 aliphatic heterocycles. The number of benzene rings is 2. The number of thioether (sulfide) groups is 2. The van der Waals surface area contributed by atoms with E-state index in [-0.39, 0.29) is 5.69 Å². The van der Waals surface area contributed by atoms with Gasteiger partial charge in [-0.25, -0.2) is 15.8 Å². The number of para-hydroxylation sites is 1. The molecule has 0 aliphatic carbocycles. The van der Waals surface area contributed by atoms with Gasteiger partial charge in [-0.3, -0.25) is 15.5 Å². The van der Waals surface area contributed by atoms with Gasteiger partial charge < -0.3 is 0 Å². The molecule has 1 aliphatic rings. The molecule has 0 radical (unpaired) electrons. The van der Waals surface area contributed by atoms with Gasteiger partial charge in [0.05, 0.1) is 21.2 Å². The number of hydrogen-bond acceptors (Lipinski definition) is 10. The zero-order valence-electron chi connectivity index (χ0n) is 15.8. The number of fused-ring (bicyclic) bond motifs is 1. The van der Waals surface area contributed by atoms with E-state index in [0.29, 0.717) is 17.5 Å². The smallest absolute Gasteiger partial charge is 0.269 e. The van der Waals surface area contributed by atoms with E-state index < -0.39 is 4.92 Å². The Labute approximate surface area is 180 Å². The molecule has 4 rings (SSSR count). The van der Waals surface area contributed by atoms with Gasteiger partial charge in [-0.15, -0.1) is 0 Å². The fourth-order valence-corrected chi connectivity index (χ4v) is 4.78. The van der Waals surface area contributed by atoms with E-state index in [1.54, 1.807) is 28.9 Å². The first-order chi connectivity index (χ1) is 14.5. The molecule has 0 atom stereocenters. The number of nitro benzene ring substituents is 1. The quantitative estimate of drug-likeness (QED) is 0.338. The minimum Gasteiger partial charge on any atom is -0.292 e. The number of aromatic nitrogens is 2. The Morgan fingerprint density at radius 2 is 1.90 bits per heavy atom. The van der Waals surface area contributed by atoms with Gasteiger partial charge >= 0.3 is 0 Å². The molecule has 0 unspecified atom stereocenters. The summed E-state index contributed by atoms with van der Waals surface area (Å²) >= 11 is 3.05. The molecular formula is C19H17N7O2S2. The first-order valence-electron chi connectivity index (χ1n) is 8.88. The van der Waals surface area contributed by atoms with Crippen molar-refractivity contribution in [3.63, 3.8) is 0 Å². The number of anilines is 3. The van der Waals surface area contributed by atoms with Crippen molar-refractivity contribution in [2.45, 2.75) is 17.6 Å². The molecule has 0 bridgehead atoms. The fraction of sp³-hybridized carbons (Fsp3) is 0.105. The molecule has 3 N–H and O–H groups in total. The van der Waals surface area contributed by atoms with Crippen molar-refractivity contribution in [2.75, 3.05) is 10.4 Å². The average molecular weight is 440 g/mol. The highest BCUT2D eigenvalue weighted by atomic mass is 32.2. The predicted molar refractivity (Wildman–Crippen MR) is 121 cm³/mol. The average Bonchev–Trinajstić information content (AvgIpc) is 2.78. The maximum Gasteiger partial charge on any atom is 0.269 e. The standard InChI is InChI=1S/C19H17N7O2S2/c1-12-16-17(22-18(21-12)23-20)25(14-5-3-2-4-6-14)24-19(30-16)29-11-13-7-9-15(10-8-13)26(27)28/h2-10H,11,20H2,1H3,(H,21,22,23). The number of rotatable bonds is 5. The predicted octanol–water partition coefficient (Wildman–Crippen LogP) is 4.43. The molecule has 3 aromatic rings. The van der Waals surface area contributed by atoms with Crippen LogP contribution in [0.15, 0.2) is 64.6 Å². The number of hydrogen-bond donors (Lipinski definition) is 2. The summed E-state index contributed by atoms with van der Waals surface area (Å²) in [5, 5.41) is 17.4. The Bertz CT molecular complexity index is 1110. The normalized spacial score (nSPS) is 12.9. The molecule has 0 saturated heterocycles.